The van der Waals surface area contributed by atoms with Gasteiger partial charge < -0.3 is 0 Å². The highest BCUT2D eigenvalue weighted by molar-refractivity contribution is 7.13. The number of nitrogens with one attached hydrogen (secondary N) is 2. The van der Waals surface area contributed by atoms with E-state index in [1.54, 1.807) is 24.3 Å². The third kappa shape index (κ3) is 2.21. The van der Waals surface area contributed by atoms with E-state index in [2.05, 4.69) is 10.2 Å². The van der Waals surface area contributed by atoms with Gasteiger partial charge in [0.25, 0.3) is 11.1 Å². The summed E-state index contributed by atoms with van der Waals surface area (Å²) in [5, 5.41) is 7.17. The van der Waals surface area contributed by atoms with Gasteiger partial charge in [0.05, 0.1) is 11.1 Å². The fraction of sp³-hybridized carbons (Fsp3) is 0. The Hall–Kier alpha value is -2.11. The molecule has 100 valence electrons. The molecule has 2 heterocycles. The van der Waals surface area contributed by atoms with E-state index in [4.69, 9.17) is 11.6 Å². The minimum Gasteiger partial charge on any atom is -0.267 e. The molecular weight excluding hydrogens is 296 g/mol. The maximum atomic E-state index is 12.1. The first kappa shape index (κ1) is 12.9. The zero-order valence-corrected chi connectivity index (χ0v) is 11.7. The third-order valence-electron chi connectivity index (χ3n) is 2.89. The lowest BCUT2D eigenvalue weighted by Gasteiger charge is -2.06. The summed E-state index contributed by atoms with van der Waals surface area (Å²) in [5.41, 5.74) is 0.733. The molecule has 4 nitrogen and oxygen atoms in total. The van der Waals surface area contributed by atoms with E-state index in [1.165, 1.54) is 11.3 Å². The number of thiophene rings is 1. The van der Waals surface area contributed by atoms with Crippen molar-refractivity contribution in [3.63, 3.8) is 0 Å². The Morgan fingerprint density at radius 1 is 0.900 bits per heavy atom. The molecular formula is C14H9ClN2O2S. The minimum atomic E-state index is -0.338. The molecule has 0 saturated heterocycles. The lowest BCUT2D eigenvalue weighted by atomic mass is 10.0. The van der Waals surface area contributed by atoms with Gasteiger partial charge in [-0.1, -0.05) is 29.8 Å². The van der Waals surface area contributed by atoms with Crippen LogP contribution in [0.25, 0.3) is 21.6 Å². The van der Waals surface area contributed by atoms with Crippen LogP contribution in [-0.2, 0) is 0 Å². The number of halogens is 1. The van der Waals surface area contributed by atoms with Crippen LogP contribution in [-0.4, -0.2) is 10.2 Å². The molecule has 1 aromatic carbocycles. The van der Waals surface area contributed by atoms with Crippen molar-refractivity contribution in [2.45, 2.75) is 0 Å². The molecule has 2 N–H and O–H groups in total. The van der Waals surface area contributed by atoms with Gasteiger partial charge in [-0.05, 0) is 29.1 Å². The lowest BCUT2D eigenvalue weighted by molar-refractivity contribution is 0.959. The van der Waals surface area contributed by atoms with E-state index in [0.717, 1.165) is 4.88 Å². The Morgan fingerprint density at radius 3 is 2.15 bits per heavy atom. The molecule has 3 aromatic rings. The molecule has 3 rings (SSSR count). The van der Waals surface area contributed by atoms with Gasteiger partial charge in [0.1, 0.15) is 0 Å². The van der Waals surface area contributed by atoms with Crippen LogP contribution in [0.2, 0.25) is 5.02 Å². The highest BCUT2D eigenvalue weighted by atomic mass is 35.5. The van der Waals surface area contributed by atoms with Crippen LogP contribution >= 0.6 is 22.9 Å². The number of hydrogen-bond acceptors (Lipinski definition) is 3. The van der Waals surface area contributed by atoms with Crippen LogP contribution in [0, 0.1) is 0 Å². The second-order valence-electron chi connectivity index (χ2n) is 4.14. The van der Waals surface area contributed by atoms with E-state index in [0.29, 0.717) is 21.7 Å². The molecule has 20 heavy (non-hydrogen) atoms. The summed E-state index contributed by atoms with van der Waals surface area (Å²) in [5.74, 6) is 0. The molecule has 0 aliphatic heterocycles. The van der Waals surface area contributed by atoms with Crippen molar-refractivity contribution >= 4 is 22.9 Å². The fourth-order valence-corrected chi connectivity index (χ4v) is 2.91. The van der Waals surface area contributed by atoms with E-state index in [1.807, 2.05) is 17.5 Å². The minimum absolute atomic E-state index is 0.322. The Labute approximate surface area is 122 Å². The first-order valence-corrected chi connectivity index (χ1v) is 7.07. The first-order valence-electron chi connectivity index (χ1n) is 5.81. The second kappa shape index (κ2) is 5.11. The number of hydrogen-bond donors (Lipinski definition) is 2. The van der Waals surface area contributed by atoms with Crippen molar-refractivity contribution in [3.8, 4) is 21.6 Å². The molecule has 0 fully saturated rings. The highest BCUT2D eigenvalue weighted by Crippen LogP contribution is 2.29. The molecule has 0 amide bonds. The topological polar surface area (TPSA) is 65.7 Å². The first-order chi connectivity index (χ1) is 9.66. The summed E-state index contributed by atoms with van der Waals surface area (Å²) in [6.07, 6.45) is 0. The Morgan fingerprint density at radius 2 is 1.55 bits per heavy atom. The predicted octanol–water partition coefficient (Wildman–Crippen LogP) is 3.11. The SMILES string of the molecule is O=c1[nH][nH]c(=O)c(-c2cccs2)c1-c1ccc(Cl)cc1. The average molecular weight is 305 g/mol. The van der Waals surface area contributed by atoms with Crippen LogP contribution in [0.15, 0.2) is 51.4 Å². The van der Waals surface area contributed by atoms with Crippen molar-refractivity contribution in [1.82, 2.24) is 10.2 Å². The smallest absolute Gasteiger partial charge is 0.267 e. The highest BCUT2D eigenvalue weighted by Gasteiger charge is 2.16. The van der Waals surface area contributed by atoms with Gasteiger partial charge in [-0.3, -0.25) is 19.8 Å². The number of H-pyrrole nitrogens is 2. The molecule has 0 aliphatic rings. The number of benzene rings is 1. The van der Waals surface area contributed by atoms with Crippen LogP contribution < -0.4 is 11.1 Å². The summed E-state index contributed by atoms with van der Waals surface area (Å²) in [6, 6.07) is 10.5. The monoisotopic (exact) mass is 304 g/mol. The van der Waals surface area contributed by atoms with Gasteiger partial charge in [-0.15, -0.1) is 11.3 Å². The van der Waals surface area contributed by atoms with E-state index >= 15 is 0 Å². The normalized spacial score (nSPS) is 10.7. The number of aromatic nitrogens is 2. The zero-order chi connectivity index (χ0) is 14.1. The van der Waals surface area contributed by atoms with Gasteiger partial charge in [0.15, 0.2) is 0 Å². The third-order valence-corrected chi connectivity index (χ3v) is 4.03. The number of rotatable bonds is 2. The molecule has 6 heteroatoms. The molecule has 2 aromatic heterocycles. The maximum absolute atomic E-state index is 12.1. The predicted molar refractivity (Wildman–Crippen MR) is 81.4 cm³/mol. The van der Waals surface area contributed by atoms with Crippen LogP contribution in [0.1, 0.15) is 0 Å². The van der Waals surface area contributed by atoms with Crippen molar-refractivity contribution < 1.29 is 0 Å². The van der Waals surface area contributed by atoms with Crippen LogP contribution in [0.4, 0.5) is 0 Å². The quantitative estimate of drug-likeness (QED) is 0.764. The summed E-state index contributed by atoms with van der Waals surface area (Å²) in [4.78, 5) is 25.0. The molecule has 0 radical (unpaired) electrons. The summed E-state index contributed by atoms with van der Waals surface area (Å²) in [7, 11) is 0. The molecule has 0 saturated carbocycles. The van der Waals surface area contributed by atoms with E-state index in [-0.39, 0.29) is 11.1 Å². The summed E-state index contributed by atoms with van der Waals surface area (Å²) >= 11 is 7.27. The Balaban J connectivity index is 2.35. The average Bonchev–Trinajstić information content (AvgIpc) is 2.96. The maximum Gasteiger partial charge on any atom is 0.271 e. The summed E-state index contributed by atoms with van der Waals surface area (Å²) in [6.45, 7) is 0. The molecule has 0 spiro atoms. The van der Waals surface area contributed by atoms with Gasteiger partial charge in [0, 0.05) is 9.90 Å². The largest absolute Gasteiger partial charge is 0.271 e. The molecule has 0 atom stereocenters. The number of aromatic amines is 2. The van der Waals surface area contributed by atoms with Gasteiger partial charge >= 0.3 is 0 Å². The molecule has 0 bridgehead atoms. The second-order valence-corrected chi connectivity index (χ2v) is 5.53. The fourth-order valence-electron chi connectivity index (χ4n) is 2.01. The van der Waals surface area contributed by atoms with E-state index < -0.39 is 0 Å². The van der Waals surface area contributed by atoms with Gasteiger partial charge in [-0.25, -0.2) is 0 Å². The van der Waals surface area contributed by atoms with Crippen molar-refractivity contribution in [1.29, 1.82) is 0 Å². The van der Waals surface area contributed by atoms with Crippen molar-refractivity contribution in [2.75, 3.05) is 0 Å². The molecule has 0 aliphatic carbocycles. The van der Waals surface area contributed by atoms with E-state index in [9.17, 15) is 9.59 Å². The van der Waals surface area contributed by atoms with Gasteiger partial charge in [0.2, 0.25) is 0 Å². The van der Waals surface area contributed by atoms with Crippen molar-refractivity contribution in [2.24, 2.45) is 0 Å². The standard InChI is InChI=1S/C14H9ClN2O2S/c15-9-5-3-8(4-6-9)11-12(10-2-1-7-20-10)14(19)17-16-13(11)18/h1-7H,(H,16,18)(H,17,19). The molecule has 0 unspecified atom stereocenters. The Kier molecular flexibility index (Phi) is 3.30. The summed E-state index contributed by atoms with van der Waals surface area (Å²) < 4.78 is 0. The van der Waals surface area contributed by atoms with Crippen LogP contribution in [0.5, 0.6) is 0 Å². The lowest BCUT2D eigenvalue weighted by Crippen LogP contribution is -2.22. The van der Waals surface area contributed by atoms with Crippen LogP contribution in [0.3, 0.4) is 0 Å². The zero-order valence-electron chi connectivity index (χ0n) is 10.1. The van der Waals surface area contributed by atoms with Crippen molar-refractivity contribution in [3.05, 3.63) is 67.5 Å². The van der Waals surface area contributed by atoms with Gasteiger partial charge in [-0.2, -0.15) is 0 Å². The Bertz CT molecular complexity index is 848.